The van der Waals surface area contributed by atoms with Gasteiger partial charge < -0.3 is 9.84 Å². The highest BCUT2D eigenvalue weighted by molar-refractivity contribution is 7.09. The van der Waals surface area contributed by atoms with Gasteiger partial charge in [-0.15, -0.1) is 11.3 Å². The zero-order valence-corrected chi connectivity index (χ0v) is 11.9. The van der Waals surface area contributed by atoms with Gasteiger partial charge in [-0.1, -0.05) is 19.4 Å². The number of aliphatic hydroxyl groups is 1. The van der Waals surface area contributed by atoms with Gasteiger partial charge in [0.25, 0.3) is 0 Å². The molecule has 1 N–H and O–H groups in total. The molecule has 0 bridgehead atoms. The van der Waals surface area contributed by atoms with Crippen molar-refractivity contribution in [1.82, 2.24) is 4.98 Å². The lowest BCUT2D eigenvalue weighted by atomic mass is 10.2. The largest absolute Gasteiger partial charge is 0.477 e. The minimum Gasteiger partial charge on any atom is -0.477 e. The Hall–Kier alpha value is -1.39. The molecule has 2 rings (SSSR count). The number of aryl methyl sites for hydroxylation is 1. The third-order valence-corrected chi connectivity index (χ3v) is 3.72. The van der Waals surface area contributed by atoms with Crippen LogP contribution in [0.1, 0.15) is 29.5 Å². The van der Waals surface area contributed by atoms with Gasteiger partial charge in [0.2, 0.25) is 5.88 Å². The first kappa shape index (κ1) is 14.0. The third-order valence-electron chi connectivity index (χ3n) is 2.78. The number of nitrogens with zero attached hydrogens (tertiary/aromatic N) is 1. The molecule has 0 fully saturated rings. The molecule has 102 valence electrons. The molecule has 0 atom stereocenters. The summed E-state index contributed by atoms with van der Waals surface area (Å²) in [4.78, 5) is 5.77. The third kappa shape index (κ3) is 4.33. The van der Waals surface area contributed by atoms with Crippen molar-refractivity contribution in [2.45, 2.75) is 32.8 Å². The van der Waals surface area contributed by atoms with E-state index in [4.69, 9.17) is 4.74 Å². The van der Waals surface area contributed by atoms with Gasteiger partial charge in [0.05, 0.1) is 13.2 Å². The fourth-order valence-electron chi connectivity index (χ4n) is 1.88. The van der Waals surface area contributed by atoms with E-state index in [1.165, 1.54) is 4.88 Å². The van der Waals surface area contributed by atoms with Gasteiger partial charge in [0.1, 0.15) is 0 Å². The van der Waals surface area contributed by atoms with Gasteiger partial charge in [-0.25, -0.2) is 4.98 Å². The topological polar surface area (TPSA) is 42.4 Å². The molecular weight excluding hydrogens is 258 g/mol. The highest BCUT2D eigenvalue weighted by atomic mass is 32.1. The normalized spacial score (nSPS) is 10.6. The summed E-state index contributed by atoms with van der Waals surface area (Å²) in [5.74, 6) is 0.617. The molecule has 0 saturated heterocycles. The summed E-state index contributed by atoms with van der Waals surface area (Å²) < 4.78 is 5.69. The van der Waals surface area contributed by atoms with Gasteiger partial charge in [-0.3, -0.25) is 0 Å². The summed E-state index contributed by atoms with van der Waals surface area (Å²) in [5.41, 5.74) is 1.85. The number of hydrogen-bond donors (Lipinski definition) is 1. The van der Waals surface area contributed by atoms with E-state index >= 15 is 0 Å². The predicted octanol–water partition coefficient (Wildman–Crippen LogP) is 3.21. The van der Waals surface area contributed by atoms with Crippen molar-refractivity contribution in [3.8, 4) is 5.88 Å². The van der Waals surface area contributed by atoms with Crippen LogP contribution in [0.2, 0.25) is 0 Å². The van der Waals surface area contributed by atoms with Crippen molar-refractivity contribution >= 4 is 11.3 Å². The highest BCUT2D eigenvalue weighted by Gasteiger charge is 2.03. The van der Waals surface area contributed by atoms with Crippen LogP contribution >= 0.6 is 11.3 Å². The second-order valence-corrected chi connectivity index (χ2v) is 5.42. The minimum absolute atomic E-state index is 0.0283. The molecular formula is C15H19NO2S. The molecule has 0 aliphatic rings. The van der Waals surface area contributed by atoms with Gasteiger partial charge in [0, 0.05) is 23.1 Å². The van der Waals surface area contributed by atoms with E-state index in [9.17, 15) is 5.11 Å². The quantitative estimate of drug-likeness (QED) is 0.845. The summed E-state index contributed by atoms with van der Waals surface area (Å²) in [6.07, 6.45) is 2.84. The molecule has 0 aliphatic carbocycles. The summed E-state index contributed by atoms with van der Waals surface area (Å²) in [6, 6.07) is 7.90. The Bertz CT molecular complexity index is 497. The molecule has 0 aromatic carbocycles. The highest BCUT2D eigenvalue weighted by Crippen LogP contribution is 2.15. The van der Waals surface area contributed by atoms with Crippen LogP contribution in [0, 0.1) is 0 Å². The fraction of sp³-hybridized carbons (Fsp3) is 0.400. The molecule has 19 heavy (non-hydrogen) atoms. The SMILES string of the molecule is CCCc1cc(CO)cc(OCCc2cccs2)n1. The lowest BCUT2D eigenvalue weighted by molar-refractivity contribution is 0.277. The molecule has 2 aromatic heterocycles. The van der Waals surface area contributed by atoms with Crippen LogP contribution in [-0.4, -0.2) is 16.7 Å². The molecule has 0 saturated carbocycles. The number of pyridine rings is 1. The standard InChI is InChI=1S/C15H19NO2S/c1-2-4-13-9-12(11-17)10-15(16-13)18-7-6-14-5-3-8-19-14/h3,5,8-10,17H,2,4,6-7,11H2,1H3. The summed E-state index contributed by atoms with van der Waals surface area (Å²) >= 11 is 1.74. The number of rotatable bonds is 7. The number of aromatic nitrogens is 1. The van der Waals surface area contributed by atoms with Crippen LogP contribution in [0.15, 0.2) is 29.6 Å². The Labute approximate surface area is 117 Å². The van der Waals surface area contributed by atoms with Crippen LogP contribution in [0.3, 0.4) is 0 Å². The van der Waals surface area contributed by atoms with Gasteiger partial charge in [-0.2, -0.15) is 0 Å². The second kappa shape index (κ2) is 7.26. The van der Waals surface area contributed by atoms with Crippen molar-refractivity contribution in [2.75, 3.05) is 6.61 Å². The molecule has 0 spiro atoms. The Balaban J connectivity index is 1.96. The van der Waals surface area contributed by atoms with Gasteiger partial charge in [0.15, 0.2) is 0 Å². The zero-order valence-electron chi connectivity index (χ0n) is 11.1. The monoisotopic (exact) mass is 277 g/mol. The van der Waals surface area contributed by atoms with Gasteiger partial charge in [-0.05, 0) is 29.5 Å². The van der Waals surface area contributed by atoms with E-state index in [-0.39, 0.29) is 6.61 Å². The van der Waals surface area contributed by atoms with E-state index in [1.807, 2.05) is 18.2 Å². The molecule has 2 heterocycles. The van der Waals surface area contributed by atoms with Crippen LogP contribution < -0.4 is 4.74 Å². The Morgan fingerprint density at radius 2 is 2.21 bits per heavy atom. The van der Waals surface area contributed by atoms with E-state index in [0.29, 0.717) is 12.5 Å². The lowest BCUT2D eigenvalue weighted by Crippen LogP contribution is -2.04. The summed E-state index contributed by atoms with van der Waals surface area (Å²) in [7, 11) is 0. The first-order chi connectivity index (χ1) is 9.31. The first-order valence-corrected chi connectivity index (χ1v) is 7.45. The first-order valence-electron chi connectivity index (χ1n) is 6.57. The average molecular weight is 277 g/mol. The van der Waals surface area contributed by atoms with Crippen molar-refractivity contribution in [1.29, 1.82) is 0 Å². The van der Waals surface area contributed by atoms with E-state index in [0.717, 1.165) is 30.5 Å². The number of aliphatic hydroxyl groups excluding tert-OH is 1. The molecule has 3 nitrogen and oxygen atoms in total. The molecule has 2 aromatic rings. The number of thiophene rings is 1. The zero-order chi connectivity index (χ0) is 13.5. The van der Waals surface area contributed by atoms with Crippen LogP contribution in [0.5, 0.6) is 5.88 Å². The second-order valence-electron chi connectivity index (χ2n) is 4.39. The number of ether oxygens (including phenoxy) is 1. The van der Waals surface area contributed by atoms with Crippen molar-refractivity contribution < 1.29 is 9.84 Å². The Kier molecular flexibility index (Phi) is 5.36. The smallest absolute Gasteiger partial charge is 0.213 e. The maximum atomic E-state index is 9.25. The van der Waals surface area contributed by atoms with Crippen molar-refractivity contribution in [3.05, 3.63) is 45.8 Å². The molecule has 4 heteroatoms. The van der Waals surface area contributed by atoms with E-state index < -0.39 is 0 Å². The predicted molar refractivity (Wildman–Crippen MR) is 77.7 cm³/mol. The summed E-state index contributed by atoms with van der Waals surface area (Å²) in [6.45, 7) is 2.76. The van der Waals surface area contributed by atoms with E-state index in [1.54, 1.807) is 11.3 Å². The summed E-state index contributed by atoms with van der Waals surface area (Å²) in [5, 5.41) is 11.3. The molecule has 0 radical (unpaired) electrons. The van der Waals surface area contributed by atoms with E-state index in [2.05, 4.69) is 23.4 Å². The van der Waals surface area contributed by atoms with Crippen LogP contribution in [-0.2, 0) is 19.4 Å². The van der Waals surface area contributed by atoms with Crippen LogP contribution in [0.4, 0.5) is 0 Å². The van der Waals surface area contributed by atoms with Gasteiger partial charge >= 0.3 is 0 Å². The Morgan fingerprint density at radius 3 is 2.89 bits per heavy atom. The maximum Gasteiger partial charge on any atom is 0.213 e. The Morgan fingerprint density at radius 1 is 1.32 bits per heavy atom. The average Bonchev–Trinajstić information content (AvgIpc) is 2.92. The van der Waals surface area contributed by atoms with Crippen LogP contribution in [0.25, 0.3) is 0 Å². The van der Waals surface area contributed by atoms with Crippen molar-refractivity contribution in [3.63, 3.8) is 0 Å². The molecule has 0 amide bonds. The molecule has 0 unspecified atom stereocenters. The fourth-order valence-corrected chi connectivity index (χ4v) is 2.57. The van der Waals surface area contributed by atoms with Crippen molar-refractivity contribution in [2.24, 2.45) is 0 Å². The lowest BCUT2D eigenvalue weighted by Gasteiger charge is -2.08. The molecule has 0 aliphatic heterocycles. The number of hydrogen-bond acceptors (Lipinski definition) is 4. The maximum absolute atomic E-state index is 9.25. The minimum atomic E-state index is 0.0283.